The van der Waals surface area contributed by atoms with Gasteiger partial charge in [0.15, 0.2) is 12.2 Å². The van der Waals surface area contributed by atoms with Crippen LogP contribution in [0.15, 0.2) is 0 Å². The number of phosphoric ester groups is 2. The Labute approximate surface area is 638 Å². The molecule has 17 nitrogen and oxygen atoms in total. The highest BCUT2D eigenvalue weighted by Crippen LogP contribution is 2.45. The maximum absolute atomic E-state index is 13.1. The second kappa shape index (κ2) is 77.8. The standard InChI is InChI=1S/C85H166O17P2/c1-6-9-12-15-18-21-24-27-29-34-39-44-49-54-59-64-69-83(88)96-75-81(102-85(90)71-66-61-56-51-46-41-36-32-31-33-38-42-47-52-57-62-67-78(4)5)77-100-104(93,94)98-73-79(86)72-97-103(91,92)99-76-80(74-95-82(87)68-63-58-53-48-43-37-26-23-20-17-14-11-8-3)101-84(89)70-65-60-55-50-45-40-35-30-28-25-22-19-16-13-10-7-2/h78-81,86H,6-77H2,1-5H3,(H,91,92)(H,93,94)/t79-,80+,81+/m0/s1. The molecule has 0 bridgehead atoms. The predicted molar refractivity (Wildman–Crippen MR) is 428 cm³/mol. The van der Waals surface area contributed by atoms with Crippen LogP contribution in [0.2, 0.25) is 0 Å². The summed E-state index contributed by atoms with van der Waals surface area (Å²) in [6, 6.07) is 0. The van der Waals surface area contributed by atoms with Crippen LogP contribution in [0.3, 0.4) is 0 Å². The first kappa shape index (κ1) is 102. The average molecular weight is 1520 g/mol. The van der Waals surface area contributed by atoms with Crippen LogP contribution in [-0.2, 0) is 65.4 Å². The summed E-state index contributed by atoms with van der Waals surface area (Å²) in [7, 11) is -9.93. The van der Waals surface area contributed by atoms with Crippen molar-refractivity contribution < 1.29 is 80.2 Å². The average Bonchev–Trinajstić information content (AvgIpc) is 0.929. The summed E-state index contributed by atoms with van der Waals surface area (Å²) in [5.41, 5.74) is 0. The summed E-state index contributed by atoms with van der Waals surface area (Å²) >= 11 is 0. The number of hydrogen-bond acceptors (Lipinski definition) is 15. The van der Waals surface area contributed by atoms with Crippen molar-refractivity contribution in [2.75, 3.05) is 39.6 Å². The molecule has 19 heteroatoms. The van der Waals surface area contributed by atoms with Crippen molar-refractivity contribution in [2.24, 2.45) is 5.92 Å². The molecule has 0 aromatic rings. The Morgan fingerprint density at radius 2 is 0.442 bits per heavy atom. The zero-order valence-electron chi connectivity index (χ0n) is 68.2. The van der Waals surface area contributed by atoms with Crippen LogP contribution in [0, 0.1) is 5.92 Å². The molecule has 2 unspecified atom stereocenters. The third-order valence-corrected chi connectivity index (χ3v) is 21.9. The Hall–Kier alpha value is -1.94. The highest BCUT2D eigenvalue weighted by molar-refractivity contribution is 7.47. The summed E-state index contributed by atoms with van der Waals surface area (Å²) < 4.78 is 68.9. The van der Waals surface area contributed by atoms with Gasteiger partial charge in [0.05, 0.1) is 26.4 Å². The monoisotopic (exact) mass is 1520 g/mol. The van der Waals surface area contributed by atoms with Crippen LogP contribution >= 0.6 is 15.6 Å². The molecule has 0 aliphatic rings. The summed E-state index contributed by atoms with van der Waals surface area (Å²) in [5, 5.41) is 10.7. The Kier molecular flexibility index (Phi) is 76.3. The number of hydrogen-bond donors (Lipinski definition) is 3. The van der Waals surface area contributed by atoms with E-state index in [1.807, 2.05) is 0 Å². The summed E-state index contributed by atoms with van der Waals surface area (Å²) in [4.78, 5) is 73.2. The Bertz CT molecular complexity index is 1980. The zero-order chi connectivity index (χ0) is 76.2. The van der Waals surface area contributed by atoms with Crippen LogP contribution in [-0.4, -0.2) is 96.7 Å². The lowest BCUT2D eigenvalue weighted by molar-refractivity contribution is -0.161. The molecule has 0 aliphatic carbocycles. The van der Waals surface area contributed by atoms with Gasteiger partial charge in [-0.3, -0.25) is 37.3 Å². The topological polar surface area (TPSA) is 237 Å². The van der Waals surface area contributed by atoms with E-state index >= 15 is 0 Å². The van der Waals surface area contributed by atoms with Gasteiger partial charge in [-0.25, -0.2) is 9.13 Å². The highest BCUT2D eigenvalue weighted by atomic mass is 31.2. The van der Waals surface area contributed by atoms with E-state index < -0.39 is 97.5 Å². The molecular weight excluding hydrogens is 1350 g/mol. The normalized spacial score (nSPS) is 13.8. The van der Waals surface area contributed by atoms with Crippen LogP contribution < -0.4 is 0 Å². The van der Waals surface area contributed by atoms with E-state index in [-0.39, 0.29) is 25.7 Å². The van der Waals surface area contributed by atoms with Crippen molar-refractivity contribution in [1.29, 1.82) is 0 Å². The number of ether oxygens (including phenoxy) is 4. The van der Waals surface area contributed by atoms with Crippen molar-refractivity contribution >= 4 is 39.5 Å². The summed E-state index contributed by atoms with van der Waals surface area (Å²) in [6.45, 7) is 7.40. The lowest BCUT2D eigenvalue weighted by Gasteiger charge is -2.21. The lowest BCUT2D eigenvalue weighted by Crippen LogP contribution is -2.30. The van der Waals surface area contributed by atoms with Gasteiger partial charge in [-0.05, 0) is 31.6 Å². The maximum atomic E-state index is 13.1. The molecule has 0 aromatic heterocycles. The van der Waals surface area contributed by atoms with E-state index in [0.29, 0.717) is 25.7 Å². The molecule has 104 heavy (non-hydrogen) atoms. The Morgan fingerprint density at radius 1 is 0.260 bits per heavy atom. The maximum Gasteiger partial charge on any atom is 0.472 e. The molecule has 0 fully saturated rings. The van der Waals surface area contributed by atoms with Crippen LogP contribution in [0.1, 0.15) is 458 Å². The lowest BCUT2D eigenvalue weighted by atomic mass is 10.0. The zero-order valence-corrected chi connectivity index (χ0v) is 70.0. The Balaban J connectivity index is 5.26. The smallest absolute Gasteiger partial charge is 0.462 e. The van der Waals surface area contributed by atoms with Gasteiger partial charge in [0.2, 0.25) is 0 Å². The van der Waals surface area contributed by atoms with Crippen LogP contribution in [0.4, 0.5) is 0 Å². The van der Waals surface area contributed by atoms with Crippen LogP contribution in [0.5, 0.6) is 0 Å². The molecule has 0 aromatic carbocycles. The summed E-state index contributed by atoms with van der Waals surface area (Å²) in [6.07, 6.45) is 70.6. The van der Waals surface area contributed by atoms with Gasteiger partial charge >= 0.3 is 39.5 Å². The highest BCUT2D eigenvalue weighted by Gasteiger charge is 2.30. The van der Waals surface area contributed by atoms with Gasteiger partial charge in [-0.2, -0.15) is 0 Å². The summed E-state index contributed by atoms with van der Waals surface area (Å²) in [5.74, 6) is -1.29. The number of aliphatic hydroxyl groups excluding tert-OH is 1. The number of carbonyl (C=O) groups is 4. The number of esters is 4. The number of aliphatic hydroxyl groups is 1. The fraction of sp³-hybridized carbons (Fsp3) is 0.953. The quantitative estimate of drug-likeness (QED) is 0.0222. The van der Waals surface area contributed by atoms with Gasteiger partial charge in [-0.15, -0.1) is 0 Å². The third kappa shape index (κ3) is 78.2. The minimum absolute atomic E-state index is 0.109. The van der Waals surface area contributed by atoms with E-state index in [1.54, 1.807) is 0 Å². The first-order valence-electron chi connectivity index (χ1n) is 44.1. The molecule has 0 spiro atoms. The van der Waals surface area contributed by atoms with Gasteiger partial charge < -0.3 is 33.8 Å². The Morgan fingerprint density at radius 3 is 0.654 bits per heavy atom. The van der Waals surface area contributed by atoms with E-state index in [2.05, 4.69) is 34.6 Å². The molecule has 0 amide bonds. The molecule has 0 heterocycles. The minimum Gasteiger partial charge on any atom is -0.462 e. The van der Waals surface area contributed by atoms with Crippen molar-refractivity contribution in [3.8, 4) is 0 Å². The molecule has 0 saturated carbocycles. The molecule has 0 radical (unpaired) electrons. The van der Waals surface area contributed by atoms with Crippen molar-refractivity contribution in [1.82, 2.24) is 0 Å². The number of unbranched alkanes of at least 4 members (excludes halogenated alkanes) is 57. The van der Waals surface area contributed by atoms with E-state index in [4.69, 9.17) is 37.0 Å². The molecular formula is C85H166O17P2. The van der Waals surface area contributed by atoms with Crippen LogP contribution in [0.25, 0.3) is 0 Å². The first-order chi connectivity index (χ1) is 50.5. The fourth-order valence-electron chi connectivity index (χ4n) is 13.3. The SMILES string of the molecule is CCCCCCCCCCCCCCCCCCC(=O)OC[C@H](COP(=O)(O)OC[C@@H](O)COP(=O)(O)OC[C@@H](COC(=O)CCCCCCCCCCCCCCC)OC(=O)CCCCCCCCCCCCCCCCCC)OC(=O)CCCCCCCCCCCCCCCCCCC(C)C. The first-order valence-corrected chi connectivity index (χ1v) is 47.1. The second-order valence-electron chi connectivity index (χ2n) is 31.1. The minimum atomic E-state index is -4.96. The number of carbonyl (C=O) groups excluding carboxylic acids is 4. The molecule has 3 N–H and O–H groups in total. The molecule has 0 saturated heterocycles. The third-order valence-electron chi connectivity index (χ3n) is 20.0. The van der Waals surface area contributed by atoms with E-state index in [1.165, 1.54) is 283 Å². The molecule has 5 atom stereocenters. The van der Waals surface area contributed by atoms with Gasteiger partial charge in [0, 0.05) is 25.7 Å². The van der Waals surface area contributed by atoms with Crippen molar-refractivity contribution in [2.45, 2.75) is 477 Å². The van der Waals surface area contributed by atoms with E-state index in [0.717, 1.165) is 95.8 Å². The van der Waals surface area contributed by atoms with Crippen molar-refractivity contribution in [3.63, 3.8) is 0 Å². The molecule has 0 aliphatic heterocycles. The van der Waals surface area contributed by atoms with Gasteiger partial charge in [0.25, 0.3) is 0 Å². The number of phosphoric acid groups is 2. The number of rotatable bonds is 85. The van der Waals surface area contributed by atoms with Gasteiger partial charge in [-0.1, -0.05) is 407 Å². The molecule has 618 valence electrons. The fourth-order valence-corrected chi connectivity index (χ4v) is 14.9. The largest absolute Gasteiger partial charge is 0.472 e. The second-order valence-corrected chi connectivity index (χ2v) is 34.0. The molecule has 0 rings (SSSR count). The van der Waals surface area contributed by atoms with Crippen molar-refractivity contribution in [3.05, 3.63) is 0 Å². The predicted octanol–water partition coefficient (Wildman–Crippen LogP) is 26.0. The van der Waals surface area contributed by atoms with E-state index in [9.17, 15) is 43.2 Å². The van der Waals surface area contributed by atoms with Gasteiger partial charge in [0.1, 0.15) is 19.3 Å².